The first kappa shape index (κ1) is 29.5. The van der Waals surface area contributed by atoms with Crippen LogP contribution in [0.3, 0.4) is 0 Å². The fraction of sp³-hybridized carbons (Fsp3) is 0.267. The number of pyridine rings is 2. The van der Waals surface area contributed by atoms with Gasteiger partial charge in [0.2, 0.25) is 5.91 Å². The predicted octanol–water partition coefficient (Wildman–Crippen LogP) is 1.16. The average Bonchev–Trinajstić information content (AvgIpc) is 3.47. The van der Waals surface area contributed by atoms with E-state index in [9.17, 15) is 4.79 Å². The van der Waals surface area contributed by atoms with Crippen LogP contribution in [-0.2, 0) is 4.79 Å². The van der Waals surface area contributed by atoms with Gasteiger partial charge in [0.1, 0.15) is 57.8 Å². The molecule has 4 aromatic heterocycles. The molecule has 2 aliphatic heterocycles. The van der Waals surface area contributed by atoms with E-state index in [0.717, 1.165) is 0 Å². The Bertz CT molecular complexity index is 2010. The van der Waals surface area contributed by atoms with E-state index in [0.29, 0.717) is 77.4 Å². The number of amides is 1. The standard InChI is InChI=1S/C30H31B2FN10O3/c1-17-9-21(20(33)11-23(17)46-19-4-6-43-25(10-19)36-16-38-43)39-28-27-22(35-15-37-28)12-24-29(40-27)41-7-8-42(18(13-41)14-45-24)26(44)3-5-30(31,32)34-2/h3-6,9-12,15-16,18,34H,7-8,13-14,31-32H2,1-2H3,(H,35,37,39)/b5-3+/t18-/m0/s1. The molecule has 1 amide bonds. The number of rotatable bonds is 7. The van der Waals surface area contributed by atoms with Crippen LogP contribution in [0.25, 0.3) is 16.7 Å². The fourth-order valence-electron chi connectivity index (χ4n) is 5.49. The number of hydrogen-bond donors (Lipinski definition) is 2. The van der Waals surface area contributed by atoms with Crippen molar-refractivity contribution in [3.63, 3.8) is 0 Å². The van der Waals surface area contributed by atoms with Crippen molar-refractivity contribution in [3.05, 3.63) is 72.7 Å². The molecule has 5 aromatic rings. The first-order chi connectivity index (χ1) is 22.2. The molecule has 2 bridgehead atoms. The Morgan fingerprint density at radius 1 is 1.17 bits per heavy atom. The molecule has 1 saturated heterocycles. The summed E-state index contributed by atoms with van der Waals surface area (Å²) < 4.78 is 29.2. The van der Waals surface area contributed by atoms with Gasteiger partial charge in [-0.15, -0.1) is 0 Å². The van der Waals surface area contributed by atoms with Crippen LogP contribution in [0, 0.1) is 12.7 Å². The van der Waals surface area contributed by atoms with E-state index in [1.54, 1.807) is 35.0 Å². The van der Waals surface area contributed by atoms with E-state index >= 15 is 4.39 Å². The first-order valence-electron chi connectivity index (χ1n) is 14.9. The van der Waals surface area contributed by atoms with Crippen LogP contribution in [0.2, 0.25) is 0 Å². The lowest BCUT2D eigenvalue weighted by Crippen LogP contribution is -2.56. The van der Waals surface area contributed by atoms with E-state index in [4.69, 9.17) is 14.5 Å². The zero-order valence-electron chi connectivity index (χ0n) is 25.9. The van der Waals surface area contributed by atoms with Crippen LogP contribution in [0.4, 0.5) is 21.7 Å². The maximum Gasteiger partial charge on any atom is 0.246 e. The molecule has 0 aliphatic carbocycles. The molecule has 1 aromatic carbocycles. The summed E-state index contributed by atoms with van der Waals surface area (Å²) in [4.78, 5) is 35.0. The lowest BCUT2D eigenvalue weighted by Gasteiger charge is -2.39. The number of anilines is 3. The summed E-state index contributed by atoms with van der Waals surface area (Å²) in [5.74, 6) is 1.87. The number of fused-ring (bicyclic) bond motifs is 6. The molecule has 2 aliphatic rings. The van der Waals surface area contributed by atoms with Gasteiger partial charge in [-0.25, -0.2) is 28.8 Å². The van der Waals surface area contributed by atoms with Crippen molar-refractivity contribution in [2.24, 2.45) is 0 Å². The van der Waals surface area contributed by atoms with Gasteiger partial charge < -0.3 is 29.9 Å². The summed E-state index contributed by atoms with van der Waals surface area (Å²) in [7, 11) is 5.87. The Morgan fingerprint density at radius 2 is 2.04 bits per heavy atom. The number of likely N-dealkylation sites (N-methyl/N-ethyl adjacent to an activating group) is 1. The average molecular weight is 620 g/mol. The lowest BCUT2D eigenvalue weighted by atomic mass is 9.62. The lowest BCUT2D eigenvalue weighted by molar-refractivity contribution is -0.129. The number of aryl methyl sites for hydroxylation is 1. The number of piperazine rings is 1. The van der Waals surface area contributed by atoms with Crippen molar-refractivity contribution < 1.29 is 18.7 Å². The predicted molar refractivity (Wildman–Crippen MR) is 176 cm³/mol. The van der Waals surface area contributed by atoms with Crippen LogP contribution in [0.5, 0.6) is 17.2 Å². The van der Waals surface area contributed by atoms with Crippen molar-refractivity contribution in [1.29, 1.82) is 0 Å². The molecule has 13 nitrogen and oxygen atoms in total. The fourth-order valence-corrected chi connectivity index (χ4v) is 5.49. The van der Waals surface area contributed by atoms with Crippen molar-refractivity contribution >= 4 is 55.6 Å². The van der Waals surface area contributed by atoms with Gasteiger partial charge in [0.05, 0.1) is 17.2 Å². The number of nitrogens with zero attached hydrogens (tertiary/aromatic N) is 8. The van der Waals surface area contributed by atoms with Crippen LogP contribution in [-0.4, -0.2) is 101 Å². The summed E-state index contributed by atoms with van der Waals surface area (Å²) in [5.41, 5.74) is 2.56. The molecule has 232 valence electrons. The second kappa shape index (κ2) is 11.6. The van der Waals surface area contributed by atoms with Crippen LogP contribution < -0.4 is 25.0 Å². The molecule has 0 saturated carbocycles. The van der Waals surface area contributed by atoms with E-state index in [1.165, 1.54) is 18.7 Å². The van der Waals surface area contributed by atoms with Crippen molar-refractivity contribution in [1.82, 2.24) is 39.8 Å². The number of hydrogen-bond acceptors (Lipinski definition) is 11. The summed E-state index contributed by atoms with van der Waals surface area (Å²) in [6.07, 6.45) is 8.08. The molecule has 7 rings (SSSR count). The van der Waals surface area contributed by atoms with Crippen molar-refractivity contribution in [3.8, 4) is 17.2 Å². The molecule has 2 N–H and O–H groups in total. The van der Waals surface area contributed by atoms with Gasteiger partial charge in [0.25, 0.3) is 0 Å². The topological polar surface area (TPSA) is 135 Å². The molecule has 16 heteroatoms. The van der Waals surface area contributed by atoms with E-state index in [1.807, 2.05) is 46.7 Å². The number of carbonyl (C=O) groups excluding carboxylic acids is 1. The Kier molecular flexibility index (Phi) is 7.43. The Labute approximate surface area is 265 Å². The zero-order valence-corrected chi connectivity index (χ0v) is 25.9. The number of aromatic nitrogens is 6. The molecule has 0 unspecified atom stereocenters. The minimum absolute atomic E-state index is 0.0527. The number of benzene rings is 1. The van der Waals surface area contributed by atoms with Crippen LogP contribution in [0.15, 0.2) is 61.3 Å². The number of halogens is 1. The summed E-state index contributed by atoms with van der Waals surface area (Å²) in [5, 5.41) is 10.1. The SMILES string of the molecule is BC(B)(/C=C/C(=O)N1CCN2C[C@H]1COc1cc3ncnc(Nc4cc(C)c(Oc5ccn6ncnc6c5)cc4F)c3nc12)NC. The molecule has 1 atom stereocenters. The third kappa shape index (κ3) is 5.67. The highest BCUT2D eigenvalue weighted by atomic mass is 19.1. The summed E-state index contributed by atoms with van der Waals surface area (Å²) in [6, 6.07) is 8.12. The number of carbonyl (C=O) groups is 1. The van der Waals surface area contributed by atoms with E-state index in [2.05, 4.69) is 35.6 Å². The molecule has 1 fully saturated rings. The highest BCUT2D eigenvalue weighted by molar-refractivity contribution is 6.41. The molecular weight excluding hydrogens is 589 g/mol. The van der Waals surface area contributed by atoms with Gasteiger partial charge in [-0.3, -0.25) is 4.79 Å². The molecule has 46 heavy (non-hydrogen) atoms. The smallest absolute Gasteiger partial charge is 0.246 e. The third-order valence-electron chi connectivity index (χ3n) is 8.34. The zero-order chi connectivity index (χ0) is 32.0. The van der Waals surface area contributed by atoms with Crippen molar-refractivity contribution in [2.75, 3.05) is 43.5 Å². The Morgan fingerprint density at radius 3 is 2.89 bits per heavy atom. The molecule has 0 spiro atoms. The minimum atomic E-state index is -0.523. The van der Waals surface area contributed by atoms with Crippen molar-refractivity contribution in [2.45, 2.75) is 18.3 Å². The monoisotopic (exact) mass is 620 g/mol. The first-order valence-corrected chi connectivity index (χ1v) is 14.9. The van der Waals surface area contributed by atoms with Crippen LogP contribution in [0.1, 0.15) is 5.56 Å². The maximum absolute atomic E-state index is 15.5. The Hall–Kier alpha value is -5.24. The maximum atomic E-state index is 15.5. The second-order valence-electron chi connectivity index (χ2n) is 11.9. The number of ether oxygens (including phenoxy) is 2. The van der Waals surface area contributed by atoms with Gasteiger partial charge in [0.15, 0.2) is 23.0 Å². The van der Waals surface area contributed by atoms with E-state index < -0.39 is 5.82 Å². The largest absolute Gasteiger partial charge is 0.487 e. The summed E-state index contributed by atoms with van der Waals surface area (Å²) >= 11 is 0. The Balaban J connectivity index is 1.12. The number of nitrogens with one attached hydrogen (secondary N) is 2. The minimum Gasteiger partial charge on any atom is -0.487 e. The van der Waals surface area contributed by atoms with Gasteiger partial charge in [-0.2, -0.15) is 5.10 Å². The third-order valence-corrected chi connectivity index (χ3v) is 8.34. The quantitative estimate of drug-likeness (QED) is 0.201. The molecule has 0 radical (unpaired) electrons. The van der Waals surface area contributed by atoms with Gasteiger partial charge in [0, 0.05) is 44.0 Å². The molecular formula is C30H31B2FN10O3. The highest BCUT2D eigenvalue weighted by Gasteiger charge is 2.35. The van der Waals surface area contributed by atoms with E-state index in [-0.39, 0.29) is 23.0 Å². The van der Waals surface area contributed by atoms with Gasteiger partial charge in [-0.1, -0.05) is 6.08 Å². The van der Waals surface area contributed by atoms with Gasteiger partial charge in [-0.05, 0) is 43.1 Å². The molecule has 6 heterocycles. The second-order valence-corrected chi connectivity index (χ2v) is 11.9. The van der Waals surface area contributed by atoms with Gasteiger partial charge >= 0.3 is 0 Å². The highest BCUT2D eigenvalue weighted by Crippen LogP contribution is 2.37. The van der Waals surface area contributed by atoms with Crippen LogP contribution >= 0.6 is 0 Å². The summed E-state index contributed by atoms with van der Waals surface area (Å²) in [6.45, 7) is 3.83. The normalized spacial score (nSPS) is 16.4.